The van der Waals surface area contributed by atoms with E-state index in [4.69, 9.17) is 0 Å². The van der Waals surface area contributed by atoms with Crippen molar-refractivity contribution in [3.8, 4) is 0 Å². The maximum atomic E-state index is 12.2. The summed E-state index contributed by atoms with van der Waals surface area (Å²) < 4.78 is 0. The molecule has 0 aromatic heterocycles. The predicted octanol–water partition coefficient (Wildman–Crippen LogP) is 2.83. The van der Waals surface area contributed by atoms with Crippen molar-refractivity contribution in [3.63, 3.8) is 0 Å². The number of fused-ring (bicyclic) bond motifs is 1. The van der Waals surface area contributed by atoms with E-state index >= 15 is 0 Å². The number of benzene rings is 1. The fraction of sp³-hybridized carbons (Fsp3) is 0.562. The molecule has 0 saturated carbocycles. The first kappa shape index (κ1) is 14.7. The molecule has 1 aromatic rings. The Kier molecular flexibility index (Phi) is 4.88. The average molecular weight is 275 g/mol. The lowest BCUT2D eigenvalue weighted by atomic mass is 10.0. The molecule has 0 fully saturated rings. The highest BCUT2D eigenvalue weighted by Crippen LogP contribution is 2.25. The molecule has 0 bridgehead atoms. The molecule has 2 rings (SSSR count). The third-order valence-electron chi connectivity index (χ3n) is 3.64. The second-order valence-corrected chi connectivity index (χ2v) is 6.00. The second-order valence-electron chi connectivity index (χ2n) is 6.00. The molecule has 20 heavy (non-hydrogen) atoms. The lowest BCUT2D eigenvalue weighted by Gasteiger charge is -2.28. The Bertz CT molecular complexity index is 459. The first-order chi connectivity index (χ1) is 9.56. The molecule has 1 amide bonds. The van der Waals surface area contributed by atoms with Crippen LogP contribution in [0.3, 0.4) is 0 Å². The summed E-state index contributed by atoms with van der Waals surface area (Å²) in [4.78, 5) is 12.2. The maximum absolute atomic E-state index is 12.2. The number of amides is 1. The van der Waals surface area contributed by atoms with Crippen LogP contribution in [-0.4, -0.2) is 24.5 Å². The summed E-state index contributed by atoms with van der Waals surface area (Å²) in [7, 11) is 0. The minimum Gasteiger partial charge on any atom is -0.381 e. The number of nitrogens with one attached hydrogen (secondary N) is 3. The fourth-order valence-electron chi connectivity index (χ4n) is 2.37. The van der Waals surface area contributed by atoms with Crippen LogP contribution < -0.4 is 16.0 Å². The van der Waals surface area contributed by atoms with Crippen LogP contribution in [0.25, 0.3) is 0 Å². The van der Waals surface area contributed by atoms with E-state index in [2.05, 4.69) is 36.7 Å². The van der Waals surface area contributed by atoms with Gasteiger partial charge in [0.2, 0.25) is 5.91 Å². The van der Waals surface area contributed by atoms with Gasteiger partial charge in [-0.3, -0.25) is 4.79 Å². The van der Waals surface area contributed by atoms with E-state index in [1.807, 2.05) is 24.3 Å². The molecule has 0 saturated heterocycles. The van der Waals surface area contributed by atoms with Gasteiger partial charge in [0.05, 0.1) is 11.4 Å². The lowest BCUT2D eigenvalue weighted by molar-refractivity contribution is -0.122. The molecule has 4 heteroatoms. The van der Waals surface area contributed by atoms with Crippen molar-refractivity contribution in [1.29, 1.82) is 0 Å². The van der Waals surface area contributed by atoms with E-state index in [1.165, 1.54) is 0 Å². The zero-order chi connectivity index (χ0) is 14.5. The number of para-hydroxylation sites is 2. The lowest BCUT2D eigenvalue weighted by Crippen LogP contribution is -2.48. The molecule has 4 nitrogen and oxygen atoms in total. The van der Waals surface area contributed by atoms with E-state index in [0.717, 1.165) is 24.2 Å². The Labute approximate surface area is 121 Å². The van der Waals surface area contributed by atoms with Crippen molar-refractivity contribution in [3.05, 3.63) is 24.3 Å². The van der Waals surface area contributed by atoms with Gasteiger partial charge in [0, 0.05) is 12.6 Å². The molecule has 0 spiro atoms. The van der Waals surface area contributed by atoms with Crippen LogP contribution >= 0.6 is 0 Å². The Balaban J connectivity index is 1.85. The highest BCUT2D eigenvalue weighted by Gasteiger charge is 2.24. The summed E-state index contributed by atoms with van der Waals surface area (Å²) in [5, 5.41) is 9.68. The van der Waals surface area contributed by atoms with Crippen molar-refractivity contribution < 1.29 is 4.79 Å². The Morgan fingerprint density at radius 1 is 1.25 bits per heavy atom. The van der Waals surface area contributed by atoms with Crippen LogP contribution in [-0.2, 0) is 4.79 Å². The molecule has 0 radical (unpaired) electrons. The molecular formula is C16H25N3O. The van der Waals surface area contributed by atoms with Crippen molar-refractivity contribution in [2.24, 2.45) is 5.92 Å². The zero-order valence-electron chi connectivity index (χ0n) is 12.6. The molecule has 1 aliphatic rings. The minimum absolute atomic E-state index is 0.0725. The molecular weight excluding hydrogens is 250 g/mol. The molecule has 110 valence electrons. The van der Waals surface area contributed by atoms with Crippen molar-refractivity contribution >= 4 is 17.3 Å². The molecule has 1 heterocycles. The van der Waals surface area contributed by atoms with Gasteiger partial charge in [-0.25, -0.2) is 0 Å². The number of anilines is 2. The summed E-state index contributed by atoms with van der Waals surface area (Å²) >= 11 is 0. The molecule has 1 aromatic carbocycles. The monoisotopic (exact) mass is 275 g/mol. The normalized spacial score (nSPS) is 18.7. The summed E-state index contributed by atoms with van der Waals surface area (Å²) in [5.41, 5.74) is 2.05. The largest absolute Gasteiger partial charge is 0.381 e. The Morgan fingerprint density at radius 2 is 1.95 bits per heavy atom. The molecule has 3 N–H and O–H groups in total. The number of hydrogen-bond acceptors (Lipinski definition) is 3. The van der Waals surface area contributed by atoms with Gasteiger partial charge >= 0.3 is 0 Å². The smallest absolute Gasteiger partial charge is 0.244 e. The predicted molar refractivity (Wildman–Crippen MR) is 84.0 cm³/mol. The van der Waals surface area contributed by atoms with Gasteiger partial charge in [0.1, 0.15) is 6.04 Å². The summed E-state index contributed by atoms with van der Waals surface area (Å²) in [5.74, 6) is 0.749. The van der Waals surface area contributed by atoms with Crippen LogP contribution in [0.2, 0.25) is 0 Å². The third kappa shape index (κ3) is 3.89. The van der Waals surface area contributed by atoms with E-state index in [-0.39, 0.29) is 18.0 Å². The number of rotatable bonds is 5. The summed E-state index contributed by atoms with van der Waals surface area (Å²) in [6.07, 6.45) is 2.17. The standard InChI is InChI=1S/C16H25N3O/c1-11(2)8-9-12(3)18-16(20)15-10-17-13-6-4-5-7-14(13)19-15/h4-7,11-12,15,17,19H,8-10H2,1-3H3,(H,18,20). The maximum Gasteiger partial charge on any atom is 0.244 e. The van der Waals surface area contributed by atoms with Crippen LogP contribution in [0, 0.1) is 5.92 Å². The number of carbonyl (C=O) groups is 1. The van der Waals surface area contributed by atoms with E-state index in [1.54, 1.807) is 0 Å². The van der Waals surface area contributed by atoms with Gasteiger partial charge in [0.15, 0.2) is 0 Å². The Hall–Kier alpha value is -1.71. The van der Waals surface area contributed by atoms with Gasteiger partial charge in [-0.05, 0) is 37.8 Å². The molecule has 0 aliphatic carbocycles. The van der Waals surface area contributed by atoms with Crippen LogP contribution in [0.4, 0.5) is 11.4 Å². The molecule has 1 aliphatic heterocycles. The second kappa shape index (κ2) is 6.64. The topological polar surface area (TPSA) is 53.2 Å². The van der Waals surface area contributed by atoms with Crippen molar-refractivity contribution in [1.82, 2.24) is 5.32 Å². The average Bonchev–Trinajstić information content (AvgIpc) is 2.44. The van der Waals surface area contributed by atoms with Gasteiger partial charge in [-0.2, -0.15) is 0 Å². The quantitative estimate of drug-likeness (QED) is 0.774. The first-order valence-corrected chi connectivity index (χ1v) is 7.46. The molecule has 2 unspecified atom stereocenters. The zero-order valence-corrected chi connectivity index (χ0v) is 12.6. The van der Waals surface area contributed by atoms with Crippen molar-refractivity contribution in [2.75, 3.05) is 17.2 Å². The summed E-state index contributed by atoms with van der Waals surface area (Å²) in [6, 6.07) is 7.99. The Morgan fingerprint density at radius 3 is 2.65 bits per heavy atom. The van der Waals surface area contributed by atoms with Gasteiger partial charge in [0.25, 0.3) is 0 Å². The van der Waals surface area contributed by atoms with Crippen LogP contribution in [0.5, 0.6) is 0 Å². The molecule has 2 atom stereocenters. The third-order valence-corrected chi connectivity index (χ3v) is 3.64. The highest BCUT2D eigenvalue weighted by molar-refractivity contribution is 5.88. The van der Waals surface area contributed by atoms with Crippen molar-refractivity contribution in [2.45, 2.75) is 45.7 Å². The number of hydrogen-bond donors (Lipinski definition) is 3. The van der Waals surface area contributed by atoms with Gasteiger partial charge in [-0.15, -0.1) is 0 Å². The van der Waals surface area contributed by atoms with Crippen LogP contribution in [0.15, 0.2) is 24.3 Å². The van der Waals surface area contributed by atoms with E-state index in [9.17, 15) is 4.79 Å². The van der Waals surface area contributed by atoms with E-state index < -0.39 is 0 Å². The van der Waals surface area contributed by atoms with E-state index in [0.29, 0.717) is 12.5 Å². The fourth-order valence-corrected chi connectivity index (χ4v) is 2.37. The van der Waals surface area contributed by atoms with Gasteiger partial charge in [-0.1, -0.05) is 26.0 Å². The first-order valence-electron chi connectivity index (χ1n) is 7.46. The van der Waals surface area contributed by atoms with Gasteiger partial charge < -0.3 is 16.0 Å². The minimum atomic E-state index is -0.202. The number of carbonyl (C=O) groups excluding carboxylic acids is 1. The van der Waals surface area contributed by atoms with Crippen LogP contribution in [0.1, 0.15) is 33.6 Å². The SMILES string of the molecule is CC(C)CCC(C)NC(=O)C1CNc2ccccc2N1. The highest BCUT2D eigenvalue weighted by atomic mass is 16.2. The summed E-state index contributed by atoms with van der Waals surface area (Å²) in [6.45, 7) is 7.11.